The van der Waals surface area contributed by atoms with Gasteiger partial charge in [0.1, 0.15) is 0 Å². The zero-order chi connectivity index (χ0) is 29.1. The number of amides is 2. The second kappa shape index (κ2) is 13.8. The molecule has 0 atom stereocenters. The van der Waals surface area contributed by atoms with Crippen molar-refractivity contribution in [2.24, 2.45) is 5.10 Å². The molecule has 0 spiro atoms. The molecule has 0 fully saturated rings. The van der Waals surface area contributed by atoms with E-state index in [2.05, 4.69) is 15.8 Å². The number of benzene rings is 3. The van der Waals surface area contributed by atoms with Crippen LogP contribution in [0.25, 0.3) is 0 Å². The molecule has 3 rings (SSSR count). The van der Waals surface area contributed by atoms with Gasteiger partial charge in [0.2, 0.25) is 5.91 Å². The summed E-state index contributed by atoms with van der Waals surface area (Å²) in [5.41, 5.74) is 2.79. The summed E-state index contributed by atoms with van der Waals surface area (Å²) in [7, 11) is 1.37. The highest BCUT2D eigenvalue weighted by molar-refractivity contribution is 5.95. The molecule has 2 N–H and O–H groups in total. The molecule has 0 bridgehead atoms. The van der Waals surface area contributed by atoms with Gasteiger partial charge in [-0.25, -0.2) is 10.2 Å². The highest BCUT2D eigenvalue weighted by Gasteiger charge is 2.15. The van der Waals surface area contributed by atoms with Gasteiger partial charge in [0.15, 0.2) is 11.5 Å². The van der Waals surface area contributed by atoms with Crippen molar-refractivity contribution in [3.63, 3.8) is 0 Å². The zero-order valence-corrected chi connectivity index (χ0v) is 21.1. The van der Waals surface area contributed by atoms with Crippen LogP contribution in [0.2, 0.25) is 0 Å². The van der Waals surface area contributed by atoms with Crippen molar-refractivity contribution < 1.29 is 33.7 Å². The number of esters is 1. The van der Waals surface area contributed by atoms with Gasteiger partial charge >= 0.3 is 5.97 Å². The van der Waals surface area contributed by atoms with Gasteiger partial charge in [0.25, 0.3) is 17.3 Å². The smallest absolute Gasteiger partial charge is 0.343 e. The van der Waals surface area contributed by atoms with Crippen LogP contribution in [0, 0.1) is 20.2 Å². The fourth-order valence-corrected chi connectivity index (χ4v) is 3.28. The number of hydrazone groups is 1. The molecule has 0 heterocycles. The third-order valence-electron chi connectivity index (χ3n) is 5.29. The van der Waals surface area contributed by atoms with E-state index >= 15 is 0 Å². The summed E-state index contributed by atoms with van der Waals surface area (Å²) >= 11 is 0. The van der Waals surface area contributed by atoms with Crippen LogP contribution < -0.4 is 20.2 Å². The Balaban J connectivity index is 1.46. The minimum Gasteiger partial charge on any atom is -0.493 e. The maximum atomic E-state index is 12.4. The molecule has 0 saturated heterocycles. The number of carbonyl (C=O) groups excluding carboxylic acids is 3. The first-order chi connectivity index (χ1) is 19.2. The first kappa shape index (κ1) is 28.9. The van der Waals surface area contributed by atoms with Crippen molar-refractivity contribution >= 4 is 35.4 Å². The van der Waals surface area contributed by atoms with Crippen LogP contribution in [-0.2, 0) is 4.79 Å². The molecule has 0 saturated carbocycles. The molecule has 0 unspecified atom stereocenters. The molecule has 0 radical (unpaired) electrons. The van der Waals surface area contributed by atoms with Crippen LogP contribution in [0.4, 0.5) is 11.4 Å². The summed E-state index contributed by atoms with van der Waals surface area (Å²) in [5.74, 6) is -1.30. The molecule has 0 aliphatic carbocycles. The van der Waals surface area contributed by atoms with Crippen molar-refractivity contribution in [2.45, 2.75) is 12.8 Å². The van der Waals surface area contributed by atoms with Gasteiger partial charge < -0.3 is 14.8 Å². The van der Waals surface area contributed by atoms with Crippen molar-refractivity contribution in [1.82, 2.24) is 10.7 Å². The quantitative estimate of drug-likeness (QED) is 0.0850. The Kier molecular flexibility index (Phi) is 9.94. The fourth-order valence-electron chi connectivity index (χ4n) is 3.28. The van der Waals surface area contributed by atoms with E-state index in [0.29, 0.717) is 12.0 Å². The van der Waals surface area contributed by atoms with E-state index in [1.165, 1.54) is 74.0 Å². The topological polar surface area (TPSA) is 192 Å². The van der Waals surface area contributed by atoms with Crippen molar-refractivity contribution in [1.29, 1.82) is 0 Å². The van der Waals surface area contributed by atoms with E-state index in [1.807, 2.05) is 0 Å². The van der Waals surface area contributed by atoms with E-state index < -0.39 is 27.6 Å². The first-order valence-corrected chi connectivity index (χ1v) is 11.7. The van der Waals surface area contributed by atoms with E-state index in [-0.39, 0.29) is 47.0 Å². The molecule has 206 valence electrons. The number of nitro benzene ring substituents is 2. The van der Waals surface area contributed by atoms with Gasteiger partial charge in [0.05, 0.1) is 28.7 Å². The Hall–Kier alpha value is -5.66. The second-order valence-electron chi connectivity index (χ2n) is 8.06. The van der Waals surface area contributed by atoms with Gasteiger partial charge in [-0.3, -0.25) is 29.8 Å². The van der Waals surface area contributed by atoms with Gasteiger partial charge in [-0.2, -0.15) is 5.10 Å². The van der Waals surface area contributed by atoms with Crippen molar-refractivity contribution in [3.8, 4) is 11.5 Å². The second-order valence-corrected chi connectivity index (χ2v) is 8.06. The Labute approximate surface area is 226 Å². The van der Waals surface area contributed by atoms with Crippen molar-refractivity contribution in [3.05, 3.63) is 104 Å². The van der Waals surface area contributed by atoms with E-state index in [4.69, 9.17) is 9.47 Å². The Morgan fingerprint density at radius 2 is 1.62 bits per heavy atom. The maximum absolute atomic E-state index is 12.4. The van der Waals surface area contributed by atoms with E-state index in [0.717, 1.165) is 0 Å². The molecule has 3 aromatic carbocycles. The molecule has 2 amide bonds. The highest BCUT2D eigenvalue weighted by atomic mass is 16.6. The molecule has 14 nitrogen and oxygen atoms in total. The summed E-state index contributed by atoms with van der Waals surface area (Å²) in [6, 6.07) is 14.8. The standard InChI is InChI=1S/C26H23N5O9/c1-39-23-14-17(7-12-22(23)40-26(34)18-8-10-20(11-9-18)30(35)36)16-28-29-24(32)6-3-13-27-25(33)19-4-2-5-21(15-19)31(37)38/h2,4-5,7-12,14-16H,3,6,13H2,1H3,(H,27,33)(H,29,32)/b28-16+. The predicted octanol–water partition coefficient (Wildman–Crippen LogP) is 3.39. The normalized spacial score (nSPS) is 10.5. The van der Waals surface area contributed by atoms with Crippen LogP contribution in [0.15, 0.2) is 71.8 Å². The maximum Gasteiger partial charge on any atom is 0.343 e. The number of rotatable bonds is 12. The Bertz CT molecular complexity index is 1460. The van der Waals surface area contributed by atoms with E-state index in [9.17, 15) is 34.6 Å². The first-order valence-electron chi connectivity index (χ1n) is 11.7. The number of hydrogen-bond acceptors (Lipinski definition) is 10. The lowest BCUT2D eigenvalue weighted by molar-refractivity contribution is -0.385. The van der Waals surface area contributed by atoms with Crippen LogP contribution in [0.5, 0.6) is 11.5 Å². The highest BCUT2D eigenvalue weighted by Crippen LogP contribution is 2.28. The predicted molar refractivity (Wildman–Crippen MR) is 141 cm³/mol. The fraction of sp³-hybridized carbons (Fsp3) is 0.154. The number of non-ortho nitro benzene ring substituents is 2. The third kappa shape index (κ3) is 8.17. The molecule has 40 heavy (non-hydrogen) atoms. The summed E-state index contributed by atoms with van der Waals surface area (Å²) in [4.78, 5) is 56.9. The van der Waals surface area contributed by atoms with Gasteiger partial charge in [0, 0.05) is 42.8 Å². The van der Waals surface area contributed by atoms with Crippen molar-refractivity contribution in [2.75, 3.05) is 13.7 Å². The number of nitro groups is 2. The van der Waals surface area contributed by atoms with Crippen LogP contribution >= 0.6 is 0 Å². The zero-order valence-electron chi connectivity index (χ0n) is 21.1. The minimum atomic E-state index is -0.733. The molecule has 0 aliphatic heterocycles. The summed E-state index contributed by atoms with van der Waals surface area (Å²) in [6.07, 6.45) is 1.73. The number of nitrogens with one attached hydrogen (secondary N) is 2. The molecule has 0 aliphatic rings. The molecular formula is C26H23N5O9. The number of nitrogens with zero attached hydrogens (tertiary/aromatic N) is 3. The number of hydrogen-bond donors (Lipinski definition) is 2. The Morgan fingerprint density at radius 1 is 0.900 bits per heavy atom. The molecule has 0 aromatic heterocycles. The lowest BCUT2D eigenvalue weighted by Gasteiger charge is -2.10. The number of carbonyl (C=O) groups is 3. The van der Waals surface area contributed by atoms with Crippen LogP contribution in [0.3, 0.4) is 0 Å². The van der Waals surface area contributed by atoms with Gasteiger partial charge in [-0.1, -0.05) is 6.07 Å². The average molecular weight is 549 g/mol. The summed E-state index contributed by atoms with van der Waals surface area (Å²) < 4.78 is 10.6. The summed E-state index contributed by atoms with van der Waals surface area (Å²) in [6.45, 7) is 0.177. The van der Waals surface area contributed by atoms with Gasteiger partial charge in [-0.05, 0) is 48.4 Å². The van der Waals surface area contributed by atoms with E-state index in [1.54, 1.807) is 6.07 Å². The number of methoxy groups -OCH3 is 1. The largest absolute Gasteiger partial charge is 0.493 e. The Morgan fingerprint density at radius 3 is 2.30 bits per heavy atom. The molecule has 14 heteroatoms. The average Bonchev–Trinajstić information content (AvgIpc) is 2.95. The monoisotopic (exact) mass is 549 g/mol. The third-order valence-corrected chi connectivity index (χ3v) is 5.29. The molecule has 3 aromatic rings. The van der Waals surface area contributed by atoms with Crippen LogP contribution in [-0.4, -0.2) is 47.5 Å². The lowest BCUT2D eigenvalue weighted by Crippen LogP contribution is -2.26. The molecular weight excluding hydrogens is 526 g/mol. The SMILES string of the molecule is COc1cc(/C=N/NC(=O)CCCNC(=O)c2cccc([N+](=O)[O-])c2)ccc1OC(=O)c1ccc([N+](=O)[O-])cc1. The minimum absolute atomic E-state index is 0.0629. The summed E-state index contributed by atoms with van der Waals surface area (Å²) in [5, 5.41) is 28.1. The number of ether oxygens (including phenoxy) is 2. The lowest BCUT2D eigenvalue weighted by atomic mass is 10.2. The van der Waals surface area contributed by atoms with Crippen LogP contribution in [0.1, 0.15) is 39.1 Å². The van der Waals surface area contributed by atoms with Gasteiger partial charge in [-0.15, -0.1) is 0 Å².